The number of rotatable bonds is 5. The summed E-state index contributed by atoms with van der Waals surface area (Å²) in [5.74, 6) is -0.0495. The van der Waals surface area contributed by atoms with Crippen LogP contribution in [0.3, 0.4) is 0 Å². The van der Waals surface area contributed by atoms with Gasteiger partial charge in [0.15, 0.2) is 0 Å². The van der Waals surface area contributed by atoms with Crippen molar-refractivity contribution in [2.24, 2.45) is 5.92 Å². The number of amides is 1. The lowest BCUT2D eigenvalue weighted by molar-refractivity contribution is -0.149. The number of fused-ring (bicyclic) bond motifs is 1. The van der Waals surface area contributed by atoms with E-state index in [1.165, 1.54) is 6.07 Å². The number of likely N-dealkylation sites (tertiary alicyclic amines) is 1. The molecule has 1 aliphatic heterocycles. The summed E-state index contributed by atoms with van der Waals surface area (Å²) in [7, 11) is 0. The molecule has 0 bridgehead atoms. The van der Waals surface area contributed by atoms with Crippen LogP contribution in [0.5, 0.6) is 5.75 Å². The van der Waals surface area contributed by atoms with E-state index in [1.54, 1.807) is 30.0 Å². The fraction of sp³-hybridized carbons (Fsp3) is 0.450. The first-order valence-electron chi connectivity index (χ1n) is 9.20. The molecule has 1 aliphatic rings. The van der Waals surface area contributed by atoms with Crippen molar-refractivity contribution in [1.82, 2.24) is 4.90 Å². The third-order valence-electron chi connectivity index (χ3n) is 4.66. The molecule has 7 heteroatoms. The van der Waals surface area contributed by atoms with E-state index < -0.39 is 5.63 Å². The van der Waals surface area contributed by atoms with Gasteiger partial charge in [0.05, 0.1) is 24.7 Å². The number of esters is 1. The maximum Gasteiger partial charge on any atom is 0.337 e. The Hall–Kier alpha value is -2.83. The van der Waals surface area contributed by atoms with Crippen molar-refractivity contribution in [3.05, 3.63) is 40.2 Å². The minimum atomic E-state index is -0.582. The number of piperidine rings is 1. The van der Waals surface area contributed by atoms with Gasteiger partial charge in [0, 0.05) is 30.6 Å². The Morgan fingerprint density at radius 1 is 1.15 bits per heavy atom. The highest BCUT2D eigenvalue weighted by Gasteiger charge is 2.29. The summed E-state index contributed by atoms with van der Waals surface area (Å²) in [5.41, 5.74) is 0.0398. The Bertz CT molecular complexity index is 895. The molecule has 144 valence electrons. The zero-order chi connectivity index (χ0) is 19.4. The largest absolute Gasteiger partial charge is 0.494 e. The quantitative estimate of drug-likeness (QED) is 0.591. The molecule has 7 nitrogen and oxygen atoms in total. The molecular weight excluding hydrogens is 350 g/mol. The molecule has 0 aliphatic carbocycles. The second-order valence-electron chi connectivity index (χ2n) is 6.39. The predicted octanol–water partition coefficient (Wildman–Crippen LogP) is 2.61. The van der Waals surface area contributed by atoms with E-state index in [4.69, 9.17) is 13.9 Å². The van der Waals surface area contributed by atoms with Crippen molar-refractivity contribution in [2.75, 3.05) is 26.3 Å². The first-order chi connectivity index (χ1) is 13.0. The summed E-state index contributed by atoms with van der Waals surface area (Å²) in [6.07, 6.45) is 1.11. The van der Waals surface area contributed by atoms with Gasteiger partial charge >= 0.3 is 11.6 Å². The van der Waals surface area contributed by atoms with E-state index >= 15 is 0 Å². The van der Waals surface area contributed by atoms with E-state index in [2.05, 4.69) is 0 Å². The van der Waals surface area contributed by atoms with Crippen LogP contribution < -0.4 is 10.4 Å². The fourth-order valence-electron chi connectivity index (χ4n) is 3.33. The lowest BCUT2D eigenvalue weighted by Gasteiger charge is -2.31. The van der Waals surface area contributed by atoms with E-state index in [0.717, 1.165) is 0 Å². The first kappa shape index (κ1) is 18.9. The fourth-order valence-corrected chi connectivity index (χ4v) is 3.33. The van der Waals surface area contributed by atoms with Gasteiger partial charge < -0.3 is 18.8 Å². The topological polar surface area (TPSA) is 86.0 Å². The molecule has 1 fully saturated rings. The maximum atomic E-state index is 13.0. The van der Waals surface area contributed by atoms with Gasteiger partial charge in [-0.25, -0.2) is 4.79 Å². The smallest absolute Gasteiger partial charge is 0.337 e. The second kappa shape index (κ2) is 8.24. The molecule has 0 spiro atoms. The zero-order valence-corrected chi connectivity index (χ0v) is 15.5. The Kier molecular flexibility index (Phi) is 5.78. The lowest BCUT2D eigenvalue weighted by Crippen LogP contribution is -2.41. The third-order valence-corrected chi connectivity index (χ3v) is 4.66. The Labute approximate surface area is 156 Å². The molecule has 0 atom stereocenters. The summed E-state index contributed by atoms with van der Waals surface area (Å²) < 4.78 is 15.7. The molecule has 1 aromatic carbocycles. The average Bonchev–Trinajstić information content (AvgIpc) is 2.67. The number of carbonyl (C=O) groups is 2. The molecule has 0 unspecified atom stereocenters. The summed E-state index contributed by atoms with van der Waals surface area (Å²) in [5, 5.41) is 0.565. The van der Waals surface area contributed by atoms with Gasteiger partial charge in [0.25, 0.3) is 5.91 Å². The molecule has 1 saturated heterocycles. The second-order valence-corrected chi connectivity index (χ2v) is 6.39. The number of ether oxygens (including phenoxy) is 2. The highest BCUT2D eigenvalue weighted by atomic mass is 16.5. The van der Waals surface area contributed by atoms with Crippen molar-refractivity contribution in [3.8, 4) is 5.75 Å². The van der Waals surface area contributed by atoms with Gasteiger partial charge in [-0.15, -0.1) is 0 Å². The van der Waals surface area contributed by atoms with E-state index in [9.17, 15) is 14.4 Å². The van der Waals surface area contributed by atoms with Crippen molar-refractivity contribution in [1.29, 1.82) is 0 Å². The SMILES string of the molecule is CCOC(=O)C1CCN(C(=O)c2cc(=O)oc3cc(OCC)ccc23)CC1. The van der Waals surface area contributed by atoms with Crippen LogP contribution >= 0.6 is 0 Å². The van der Waals surface area contributed by atoms with Crippen molar-refractivity contribution >= 4 is 22.8 Å². The molecule has 3 rings (SSSR count). The molecule has 0 N–H and O–H groups in total. The molecule has 27 heavy (non-hydrogen) atoms. The monoisotopic (exact) mass is 373 g/mol. The Morgan fingerprint density at radius 3 is 2.56 bits per heavy atom. The molecule has 2 heterocycles. The minimum Gasteiger partial charge on any atom is -0.494 e. The molecule has 0 radical (unpaired) electrons. The average molecular weight is 373 g/mol. The van der Waals surface area contributed by atoms with Crippen molar-refractivity contribution in [2.45, 2.75) is 26.7 Å². The molecule has 2 aromatic rings. The van der Waals surface area contributed by atoms with Crippen LogP contribution in [-0.4, -0.2) is 43.1 Å². The number of hydrogen-bond acceptors (Lipinski definition) is 6. The van der Waals surface area contributed by atoms with Crippen LogP contribution in [0.2, 0.25) is 0 Å². The van der Waals surface area contributed by atoms with Gasteiger partial charge in [-0.1, -0.05) is 0 Å². The summed E-state index contributed by atoms with van der Waals surface area (Å²) in [6.45, 7) is 5.37. The van der Waals surface area contributed by atoms with Gasteiger partial charge in [0.1, 0.15) is 11.3 Å². The highest BCUT2D eigenvalue weighted by molar-refractivity contribution is 6.05. The van der Waals surface area contributed by atoms with Gasteiger partial charge in [-0.05, 0) is 38.8 Å². The molecule has 1 amide bonds. The molecular formula is C20H23NO6. The van der Waals surface area contributed by atoms with Gasteiger partial charge in [-0.3, -0.25) is 9.59 Å². The Balaban J connectivity index is 1.82. The normalized spacial score (nSPS) is 15.0. The van der Waals surface area contributed by atoms with E-state index in [1.807, 2.05) is 6.92 Å². The van der Waals surface area contributed by atoms with Crippen LogP contribution in [-0.2, 0) is 9.53 Å². The zero-order valence-electron chi connectivity index (χ0n) is 15.5. The summed E-state index contributed by atoms with van der Waals surface area (Å²) in [6, 6.07) is 6.31. The first-order valence-corrected chi connectivity index (χ1v) is 9.20. The van der Waals surface area contributed by atoms with Crippen LogP contribution in [0, 0.1) is 5.92 Å². The molecule has 1 aromatic heterocycles. The number of carbonyl (C=O) groups excluding carboxylic acids is 2. The minimum absolute atomic E-state index is 0.180. The maximum absolute atomic E-state index is 13.0. The lowest BCUT2D eigenvalue weighted by atomic mass is 9.96. The van der Waals surface area contributed by atoms with Crippen LogP contribution in [0.25, 0.3) is 11.0 Å². The molecule has 0 saturated carbocycles. The van der Waals surface area contributed by atoms with Crippen molar-refractivity contribution < 1.29 is 23.5 Å². The predicted molar refractivity (Wildman–Crippen MR) is 98.9 cm³/mol. The number of benzene rings is 1. The standard InChI is InChI=1S/C20H23NO6/c1-3-25-14-5-6-15-16(12-18(22)27-17(15)11-14)19(23)21-9-7-13(8-10-21)20(24)26-4-2/h5-6,11-13H,3-4,7-10H2,1-2H3. The van der Waals surface area contributed by atoms with Gasteiger partial charge in [-0.2, -0.15) is 0 Å². The van der Waals surface area contributed by atoms with Crippen LogP contribution in [0.4, 0.5) is 0 Å². The van der Waals surface area contributed by atoms with Crippen LogP contribution in [0.15, 0.2) is 33.5 Å². The highest BCUT2D eigenvalue weighted by Crippen LogP contribution is 2.26. The number of nitrogens with zero attached hydrogens (tertiary/aromatic N) is 1. The van der Waals surface area contributed by atoms with Crippen molar-refractivity contribution in [3.63, 3.8) is 0 Å². The third kappa shape index (κ3) is 4.13. The van der Waals surface area contributed by atoms with Crippen LogP contribution in [0.1, 0.15) is 37.0 Å². The number of hydrogen-bond donors (Lipinski definition) is 0. The van der Waals surface area contributed by atoms with Gasteiger partial charge in [0.2, 0.25) is 0 Å². The summed E-state index contributed by atoms with van der Waals surface area (Å²) >= 11 is 0. The van der Waals surface area contributed by atoms with E-state index in [0.29, 0.717) is 61.4 Å². The Morgan fingerprint density at radius 2 is 1.89 bits per heavy atom. The summed E-state index contributed by atoms with van der Waals surface area (Å²) in [4.78, 5) is 38.4. The van der Waals surface area contributed by atoms with E-state index in [-0.39, 0.29) is 17.8 Å².